The molecule has 0 aromatic heterocycles. The molecule has 1 rings (SSSR count). The largest absolute Gasteiger partial charge is 0.384 e. The summed E-state index contributed by atoms with van der Waals surface area (Å²) in [4.78, 5) is 0. The highest BCUT2D eigenvalue weighted by Gasteiger charge is 2.08. The second-order valence-electron chi connectivity index (χ2n) is 4.02. The van der Waals surface area contributed by atoms with Gasteiger partial charge in [0.1, 0.15) is 11.6 Å². The number of hydrogen-bond acceptors (Lipinski definition) is 2. The minimum absolute atomic E-state index is 0.200. The zero-order valence-corrected chi connectivity index (χ0v) is 9.81. The van der Waals surface area contributed by atoms with Gasteiger partial charge in [-0.3, -0.25) is 0 Å². The lowest BCUT2D eigenvalue weighted by Crippen LogP contribution is -2.16. The predicted octanol–water partition coefficient (Wildman–Crippen LogP) is 2.97. The molecule has 1 aromatic rings. The van der Waals surface area contributed by atoms with E-state index in [1.54, 1.807) is 7.11 Å². The molecule has 0 spiro atoms. The van der Waals surface area contributed by atoms with Gasteiger partial charge >= 0.3 is 0 Å². The van der Waals surface area contributed by atoms with Gasteiger partial charge in [0.05, 0.1) is 12.3 Å². The first-order valence-corrected chi connectivity index (χ1v) is 5.23. The summed E-state index contributed by atoms with van der Waals surface area (Å²) in [5.74, 6) is -0.583. The number of benzene rings is 1. The lowest BCUT2D eigenvalue weighted by molar-refractivity contribution is 0.164. The predicted molar refractivity (Wildman–Crippen MR) is 60.6 cm³/mol. The Balaban J connectivity index is 2.63. The fourth-order valence-electron chi connectivity index (χ4n) is 1.41. The minimum atomic E-state index is -0.427. The molecule has 0 heterocycles. The molecule has 1 atom stereocenters. The summed E-state index contributed by atoms with van der Waals surface area (Å²) >= 11 is 0. The van der Waals surface area contributed by atoms with Gasteiger partial charge in [0.25, 0.3) is 0 Å². The van der Waals surface area contributed by atoms with E-state index in [-0.39, 0.29) is 11.6 Å². The van der Waals surface area contributed by atoms with Crippen LogP contribution in [-0.2, 0) is 4.74 Å². The molecule has 1 N–H and O–H groups in total. The molecule has 16 heavy (non-hydrogen) atoms. The van der Waals surface area contributed by atoms with Gasteiger partial charge in [0, 0.05) is 19.7 Å². The molecule has 2 nitrogen and oxygen atoms in total. The monoisotopic (exact) mass is 229 g/mol. The third kappa shape index (κ3) is 3.45. The first-order chi connectivity index (χ1) is 7.54. The van der Waals surface area contributed by atoms with Crippen molar-refractivity contribution in [2.24, 2.45) is 5.92 Å². The van der Waals surface area contributed by atoms with Crippen LogP contribution in [-0.4, -0.2) is 20.3 Å². The first-order valence-electron chi connectivity index (χ1n) is 5.23. The highest BCUT2D eigenvalue weighted by molar-refractivity contribution is 5.46. The van der Waals surface area contributed by atoms with Crippen LogP contribution in [0, 0.1) is 24.5 Å². The zero-order valence-electron chi connectivity index (χ0n) is 9.81. The maximum atomic E-state index is 13.4. The van der Waals surface area contributed by atoms with E-state index in [1.807, 2.05) is 6.92 Å². The molecular weight excluding hydrogens is 212 g/mol. The normalized spacial score (nSPS) is 12.6. The molecule has 1 aromatic carbocycles. The van der Waals surface area contributed by atoms with E-state index in [0.717, 1.165) is 0 Å². The van der Waals surface area contributed by atoms with Crippen molar-refractivity contribution in [2.45, 2.75) is 13.8 Å². The number of nitrogens with one attached hydrogen (secondary N) is 1. The molecule has 0 aliphatic carbocycles. The molecule has 0 amide bonds. The smallest absolute Gasteiger partial charge is 0.146 e. The van der Waals surface area contributed by atoms with Crippen molar-refractivity contribution in [1.29, 1.82) is 0 Å². The van der Waals surface area contributed by atoms with Crippen molar-refractivity contribution >= 4 is 5.69 Å². The van der Waals surface area contributed by atoms with Crippen LogP contribution < -0.4 is 5.32 Å². The molecule has 0 fully saturated rings. The Bertz CT molecular complexity index is 355. The molecule has 1 unspecified atom stereocenters. The molecule has 0 aliphatic heterocycles. The summed E-state index contributed by atoms with van der Waals surface area (Å²) in [6.45, 7) is 4.64. The highest BCUT2D eigenvalue weighted by Crippen LogP contribution is 2.19. The molecule has 0 saturated carbocycles. The second kappa shape index (κ2) is 5.80. The van der Waals surface area contributed by atoms with Crippen molar-refractivity contribution in [3.63, 3.8) is 0 Å². The first kappa shape index (κ1) is 12.9. The van der Waals surface area contributed by atoms with Gasteiger partial charge in [0.15, 0.2) is 0 Å². The van der Waals surface area contributed by atoms with E-state index in [9.17, 15) is 8.78 Å². The third-order valence-corrected chi connectivity index (χ3v) is 2.34. The van der Waals surface area contributed by atoms with Crippen molar-refractivity contribution in [3.8, 4) is 0 Å². The topological polar surface area (TPSA) is 21.3 Å². The number of rotatable bonds is 5. The van der Waals surface area contributed by atoms with Crippen molar-refractivity contribution in [2.75, 3.05) is 25.6 Å². The zero-order chi connectivity index (χ0) is 12.1. The van der Waals surface area contributed by atoms with Crippen LogP contribution in [0.5, 0.6) is 0 Å². The van der Waals surface area contributed by atoms with Crippen LogP contribution in [0.15, 0.2) is 12.1 Å². The van der Waals surface area contributed by atoms with Crippen LogP contribution in [0.4, 0.5) is 14.5 Å². The summed E-state index contributed by atoms with van der Waals surface area (Å²) in [5.41, 5.74) is 0.513. The van der Waals surface area contributed by atoms with E-state index in [1.165, 1.54) is 19.1 Å². The number of aryl methyl sites for hydroxylation is 1. The maximum Gasteiger partial charge on any atom is 0.146 e. The van der Waals surface area contributed by atoms with E-state index in [0.29, 0.717) is 18.7 Å². The summed E-state index contributed by atoms with van der Waals surface area (Å²) in [6, 6.07) is 2.38. The lowest BCUT2D eigenvalue weighted by atomic mass is 10.1. The fourth-order valence-corrected chi connectivity index (χ4v) is 1.41. The SMILES string of the molecule is COCC(C)CNc1cc(F)c(C)cc1F. The van der Waals surface area contributed by atoms with Crippen molar-refractivity contribution in [1.82, 2.24) is 0 Å². The Morgan fingerprint density at radius 2 is 2.00 bits per heavy atom. The van der Waals surface area contributed by atoms with E-state index in [4.69, 9.17) is 4.74 Å². The standard InChI is InChI=1S/C12H17F2NO/c1-8(7-16-3)6-15-12-5-10(13)9(2)4-11(12)14/h4-5,8,15H,6-7H2,1-3H3. The van der Waals surface area contributed by atoms with Crippen molar-refractivity contribution < 1.29 is 13.5 Å². The average molecular weight is 229 g/mol. The van der Waals surface area contributed by atoms with Gasteiger partial charge < -0.3 is 10.1 Å². The van der Waals surface area contributed by atoms with E-state index >= 15 is 0 Å². The van der Waals surface area contributed by atoms with Crippen molar-refractivity contribution in [3.05, 3.63) is 29.3 Å². The quantitative estimate of drug-likeness (QED) is 0.838. The molecule has 0 aliphatic rings. The number of halogens is 2. The number of ether oxygens (including phenoxy) is 1. The Morgan fingerprint density at radius 1 is 1.31 bits per heavy atom. The minimum Gasteiger partial charge on any atom is -0.384 e. The van der Waals surface area contributed by atoms with Gasteiger partial charge in [-0.1, -0.05) is 6.92 Å². The molecular formula is C12H17F2NO. The molecule has 4 heteroatoms. The fraction of sp³-hybridized carbons (Fsp3) is 0.500. The summed E-state index contributed by atoms with van der Waals surface area (Å²) in [5, 5.41) is 2.87. The van der Waals surface area contributed by atoms with Crippen LogP contribution in [0.3, 0.4) is 0 Å². The second-order valence-corrected chi connectivity index (χ2v) is 4.02. The van der Waals surface area contributed by atoms with Gasteiger partial charge in [-0.25, -0.2) is 8.78 Å². The average Bonchev–Trinajstić information content (AvgIpc) is 2.22. The van der Waals surface area contributed by atoms with Crippen LogP contribution in [0.25, 0.3) is 0 Å². The molecule has 0 radical (unpaired) electrons. The number of anilines is 1. The Morgan fingerprint density at radius 3 is 2.62 bits per heavy atom. The highest BCUT2D eigenvalue weighted by atomic mass is 19.1. The van der Waals surface area contributed by atoms with Gasteiger partial charge in [-0.15, -0.1) is 0 Å². The van der Waals surface area contributed by atoms with E-state index < -0.39 is 11.6 Å². The van der Waals surface area contributed by atoms with Gasteiger partial charge in [-0.2, -0.15) is 0 Å². The van der Waals surface area contributed by atoms with E-state index in [2.05, 4.69) is 5.32 Å². The van der Waals surface area contributed by atoms with Crippen LogP contribution in [0.2, 0.25) is 0 Å². The van der Waals surface area contributed by atoms with Crippen LogP contribution in [0.1, 0.15) is 12.5 Å². The lowest BCUT2D eigenvalue weighted by Gasteiger charge is -2.13. The third-order valence-electron chi connectivity index (χ3n) is 2.34. The summed E-state index contributed by atoms with van der Waals surface area (Å²) < 4.78 is 31.6. The summed E-state index contributed by atoms with van der Waals surface area (Å²) in [7, 11) is 1.61. The Hall–Kier alpha value is -1.16. The molecule has 0 saturated heterocycles. The number of hydrogen-bond donors (Lipinski definition) is 1. The Labute approximate surface area is 94.6 Å². The molecule has 0 bridgehead atoms. The summed E-state index contributed by atoms with van der Waals surface area (Å²) in [6.07, 6.45) is 0. The Kier molecular flexibility index (Phi) is 4.68. The maximum absolute atomic E-state index is 13.4. The number of methoxy groups -OCH3 is 1. The molecule has 90 valence electrons. The van der Waals surface area contributed by atoms with Gasteiger partial charge in [-0.05, 0) is 24.5 Å². The van der Waals surface area contributed by atoms with Crippen LogP contribution >= 0.6 is 0 Å². The van der Waals surface area contributed by atoms with Gasteiger partial charge in [0.2, 0.25) is 0 Å².